The first-order valence-corrected chi connectivity index (χ1v) is 7.57. The Bertz CT molecular complexity index is 674. The second-order valence-electron chi connectivity index (χ2n) is 5.66. The van der Waals surface area contributed by atoms with E-state index < -0.39 is 5.97 Å². The molecule has 106 valence electrons. The molecule has 0 spiro atoms. The number of carboxylic acids is 1. The summed E-state index contributed by atoms with van der Waals surface area (Å²) < 4.78 is 0. The lowest BCUT2D eigenvalue weighted by molar-refractivity contribution is 0.0701. The van der Waals surface area contributed by atoms with Crippen LogP contribution in [0.4, 0.5) is 5.82 Å². The minimum atomic E-state index is -0.900. The average molecular weight is 291 g/mol. The van der Waals surface area contributed by atoms with E-state index in [1.54, 1.807) is 0 Å². The minimum absolute atomic E-state index is 0.0546. The van der Waals surface area contributed by atoms with Crippen LogP contribution in [-0.4, -0.2) is 26.6 Å². The predicted molar refractivity (Wildman–Crippen MR) is 79.6 cm³/mol. The molecule has 0 unspecified atom stereocenters. The Morgan fingerprint density at radius 1 is 1.40 bits per heavy atom. The molecule has 0 amide bonds. The van der Waals surface area contributed by atoms with Gasteiger partial charge in [-0.25, -0.2) is 14.8 Å². The monoisotopic (exact) mass is 291 g/mol. The zero-order chi connectivity index (χ0) is 14.3. The molecule has 6 heteroatoms. The van der Waals surface area contributed by atoms with Gasteiger partial charge in [-0.3, -0.25) is 0 Å². The van der Waals surface area contributed by atoms with Crippen molar-refractivity contribution >= 4 is 33.3 Å². The van der Waals surface area contributed by atoms with E-state index in [-0.39, 0.29) is 5.54 Å². The quantitative estimate of drug-likeness (QED) is 0.906. The summed E-state index contributed by atoms with van der Waals surface area (Å²) in [5, 5.41) is 13.6. The molecule has 2 aromatic heterocycles. The highest BCUT2D eigenvalue weighted by Gasteiger charge is 2.30. The Hall–Kier alpha value is -1.69. The second-order valence-corrected chi connectivity index (χ2v) is 6.66. The maximum absolute atomic E-state index is 11.3. The third-order valence-electron chi connectivity index (χ3n) is 4.05. The lowest BCUT2D eigenvalue weighted by Gasteiger charge is -2.26. The molecular formula is C14H17N3O2S. The van der Waals surface area contributed by atoms with Gasteiger partial charge in [0.25, 0.3) is 0 Å². The molecular weight excluding hydrogens is 274 g/mol. The summed E-state index contributed by atoms with van der Waals surface area (Å²) in [6.45, 7) is 4.03. The van der Waals surface area contributed by atoms with Crippen LogP contribution in [0, 0.1) is 6.92 Å². The van der Waals surface area contributed by atoms with E-state index in [9.17, 15) is 9.90 Å². The Morgan fingerprint density at radius 2 is 2.10 bits per heavy atom. The number of hydrogen-bond acceptors (Lipinski definition) is 5. The third-order valence-corrected chi connectivity index (χ3v) is 5.24. The highest BCUT2D eigenvalue weighted by Crippen LogP contribution is 2.37. The number of thiophene rings is 1. The fourth-order valence-electron chi connectivity index (χ4n) is 2.94. The summed E-state index contributed by atoms with van der Waals surface area (Å²) in [7, 11) is 0. The van der Waals surface area contributed by atoms with Crippen molar-refractivity contribution in [1.29, 1.82) is 0 Å². The van der Waals surface area contributed by atoms with Crippen LogP contribution in [0.15, 0.2) is 6.33 Å². The Balaban J connectivity index is 2.09. The molecule has 3 rings (SSSR count). The van der Waals surface area contributed by atoms with Gasteiger partial charge >= 0.3 is 5.97 Å². The standard InChI is InChI=1S/C14H17N3O2S/c1-8-9-11(17-14(2)5-3-4-6-14)15-7-16-12(9)20-10(8)13(18)19/h7H,3-6H2,1-2H3,(H,18,19)(H,15,16,17). The van der Waals surface area contributed by atoms with Crippen molar-refractivity contribution < 1.29 is 9.90 Å². The number of nitrogens with zero attached hydrogens (tertiary/aromatic N) is 2. The van der Waals surface area contributed by atoms with E-state index >= 15 is 0 Å². The molecule has 0 bridgehead atoms. The highest BCUT2D eigenvalue weighted by atomic mass is 32.1. The number of fused-ring (bicyclic) bond motifs is 1. The highest BCUT2D eigenvalue weighted by molar-refractivity contribution is 7.20. The number of aromatic nitrogens is 2. The molecule has 0 atom stereocenters. The maximum atomic E-state index is 11.3. The number of nitrogens with one attached hydrogen (secondary N) is 1. The van der Waals surface area contributed by atoms with Crippen molar-refractivity contribution in [2.45, 2.75) is 45.1 Å². The van der Waals surface area contributed by atoms with Crippen molar-refractivity contribution in [1.82, 2.24) is 9.97 Å². The zero-order valence-electron chi connectivity index (χ0n) is 11.6. The molecule has 2 heterocycles. The fourth-order valence-corrected chi connectivity index (χ4v) is 3.92. The van der Waals surface area contributed by atoms with Crippen LogP contribution in [0.5, 0.6) is 0 Å². The first-order valence-electron chi connectivity index (χ1n) is 6.76. The summed E-state index contributed by atoms with van der Waals surface area (Å²) in [6, 6.07) is 0. The molecule has 0 aromatic carbocycles. The van der Waals surface area contributed by atoms with Crippen molar-refractivity contribution in [2.24, 2.45) is 0 Å². The van der Waals surface area contributed by atoms with Crippen LogP contribution < -0.4 is 5.32 Å². The largest absolute Gasteiger partial charge is 0.477 e. The summed E-state index contributed by atoms with van der Waals surface area (Å²) in [5.41, 5.74) is 0.807. The SMILES string of the molecule is Cc1c(C(=O)O)sc2ncnc(NC3(C)CCCC3)c12. The van der Waals surface area contributed by atoms with Crippen LogP contribution >= 0.6 is 11.3 Å². The fraction of sp³-hybridized carbons (Fsp3) is 0.500. The smallest absolute Gasteiger partial charge is 0.346 e. The van der Waals surface area contributed by atoms with Crippen molar-refractivity contribution in [2.75, 3.05) is 5.32 Å². The number of rotatable bonds is 3. The molecule has 1 fully saturated rings. The van der Waals surface area contributed by atoms with E-state index in [1.807, 2.05) is 6.92 Å². The van der Waals surface area contributed by atoms with Crippen LogP contribution in [0.25, 0.3) is 10.2 Å². The molecule has 2 aromatic rings. The van der Waals surface area contributed by atoms with E-state index in [1.165, 1.54) is 30.5 Å². The van der Waals surface area contributed by atoms with Gasteiger partial charge in [0.2, 0.25) is 0 Å². The van der Waals surface area contributed by atoms with E-state index in [0.29, 0.717) is 4.88 Å². The molecule has 0 saturated heterocycles. The Kier molecular flexibility index (Phi) is 3.12. The summed E-state index contributed by atoms with van der Waals surface area (Å²) >= 11 is 1.21. The Morgan fingerprint density at radius 3 is 2.75 bits per heavy atom. The predicted octanol–water partition coefficient (Wildman–Crippen LogP) is 3.44. The van der Waals surface area contributed by atoms with Gasteiger partial charge in [0.15, 0.2) is 0 Å². The van der Waals surface area contributed by atoms with Gasteiger partial charge in [0.05, 0.1) is 5.39 Å². The van der Waals surface area contributed by atoms with Gasteiger partial charge in [-0.05, 0) is 32.3 Å². The van der Waals surface area contributed by atoms with Crippen molar-refractivity contribution in [3.05, 3.63) is 16.8 Å². The second kappa shape index (κ2) is 4.70. The molecule has 20 heavy (non-hydrogen) atoms. The normalized spacial score (nSPS) is 17.5. The van der Waals surface area contributed by atoms with Crippen molar-refractivity contribution in [3.63, 3.8) is 0 Å². The van der Waals surface area contributed by atoms with Crippen LogP contribution in [0.2, 0.25) is 0 Å². The Labute approximate surface area is 121 Å². The number of carboxylic acid groups (broad SMARTS) is 1. The van der Waals surface area contributed by atoms with Gasteiger partial charge < -0.3 is 10.4 Å². The first kappa shape index (κ1) is 13.3. The lowest BCUT2D eigenvalue weighted by Crippen LogP contribution is -2.31. The summed E-state index contributed by atoms with van der Waals surface area (Å²) in [6.07, 6.45) is 6.19. The van der Waals surface area contributed by atoms with Gasteiger partial charge in [-0.2, -0.15) is 0 Å². The number of anilines is 1. The molecule has 5 nitrogen and oxygen atoms in total. The van der Waals surface area contributed by atoms with Crippen LogP contribution in [-0.2, 0) is 0 Å². The van der Waals surface area contributed by atoms with E-state index in [0.717, 1.165) is 34.4 Å². The molecule has 0 aliphatic heterocycles. The molecule has 1 aliphatic carbocycles. The van der Waals surface area contributed by atoms with Gasteiger partial charge in [-0.1, -0.05) is 12.8 Å². The average Bonchev–Trinajstić information content (AvgIpc) is 2.95. The number of hydrogen-bond donors (Lipinski definition) is 2. The molecule has 1 aliphatic rings. The molecule has 2 N–H and O–H groups in total. The number of carbonyl (C=O) groups is 1. The van der Waals surface area contributed by atoms with Gasteiger partial charge in [0, 0.05) is 5.54 Å². The van der Waals surface area contributed by atoms with Crippen LogP contribution in [0.3, 0.4) is 0 Å². The topological polar surface area (TPSA) is 75.1 Å². The third kappa shape index (κ3) is 2.14. The summed E-state index contributed by atoms with van der Waals surface area (Å²) in [5.74, 6) is -0.135. The first-order chi connectivity index (χ1) is 9.50. The lowest BCUT2D eigenvalue weighted by atomic mass is 10.0. The van der Waals surface area contributed by atoms with Gasteiger partial charge in [0.1, 0.15) is 21.9 Å². The maximum Gasteiger partial charge on any atom is 0.346 e. The van der Waals surface area contributed by atoms with Crippen LogP contribution in [0.1, 0.15) is 47.8 Å². The van der Waals surface area contributed by atoms with Crippen molar-refractivity contribution in [3.8, 4) is 0 Å². The minimum Gasteiger partial charge on any atom is -0.477 e. The zero-order valence-corrected chi connectivity index (χ0v) is 12.4. The number of aryl methyl sites for hydroxylation is 1. The van der Waals surface area contributed by atoms with Gasteiger partial charge in [-0.15, -0.1) is 11.3 Å². The van der Waals surface area contributed by atoms with E-state index in [4.69, 9.17) is 0 Å². The summed E-state index contributed by atoms with van der Waals surface area (Å²) in [4.78, 5) is 20.9. The molecule has 0 radical (unpaired) electrons. The van der Waals surface area contributed by atoms with E-state index in [2.05, 4.69) is 22.2 Å². The molecule has 1 saturated carbocycles. The number of aromatic carboxylic acids is 1.